The Kier molecular flexibility index (Phi) is 6.55. The van der Waals surface area contributed by atoms with E-state index in [-0.39, 0.29) is 17.0 Å². The lowest BCUT2D eigenvalue weighted by Gasteiger charge is -2.28. The molecular weight excluding hydrogens is 430 g/mol. The van der Waals surface area contributed by atoms with E-state index < -0.39 is 11.7 Å². The molecule has 32 heavy (non-hydrogen) atoms. The summed E-state index contributed by atoms with van der Waals surface area (Å²) in [4.78, 5) is 30.9. The maximum Gasteiger partial charge on any atom is 0.420 e. The zero-order chi connectivity index (χ0) is 23.6. The molecule has 3 aromatic rings. The van der Waals surface area contributed by atoms with Crippen molar-refractivity contribution in [2.75, 3.05) is 10.2 Å². The van der Waals surface area contributed by atoms with E-state index in [4.69, 9.17) is 16.3 Å². The zero-order valence-electron chi connectivity index (χ0n) is 18.7. The monoisotopic (exact) mass is 455 g/mol. The Labute approximate surface area is 191 Å². The molecule has 0 aliphatic rings. The second kappa shape index (κ2) is 9.00. The fourth-order valence-corrected chi connectivity index (χ4v) is 3.23. The Morgan fingerprint density at radius 3 is 2.62 bits per heavy atom. The molecule has 1 aromatic carbocycles. The number of carbonyl (C=O) groups excluding carboxylic acids is 2. The number of benzene rings is 1. The maximum atomic E-state index is 13.3. The summed E-state index contributed by atoms with van der Waals surface area (Å²) < 4.78 is 7.23. The topological polar surface area (TPSA) is 88.8 Å². The number of nitrogens with one attached hydrogen (secondary N) is 1. The summed E-state index contributed by atoms with van der Waals surface area (Å²) in [7, 11) is 0. The van der Waals surface area contributed by atoms with Crippen molar-refractivity contribution in [1.82, 2.24) is 14.6 Å². The second-order valence-electron chi connectivity index (χ2n) is 8.49. The highest BCUT2D eigenvalue weighted by atomic mass is 35.5. The SMILES string of the molecule is C=CC(=O)Nc1cccc(N(C(=O)OC(C)(C)C)c2cc(Cl)nc3c(C(C)C)cnn23)c1. The standard InChI is InChI=1S/C23H26ClN5O3/c1-7-19(30)26-15-9-8-10-16(11-15)28(22(31)32-23(4,5)6)20-12-18(24)27-21-17(14(2)3)13-25-29(20)21/h7-14H,1H2,2-6H3,(H,26,30). The number of hydrogen-bond donors (Lipinski definition) is 1. The van der Waals surface area contributed by atoms with E-state index in [9.17, 15) is 9.59 Å². The molecule has 0 saturated carbocycles. The van der Waals surface area contributed by atoms with Gasteiger partial charge < -0.3 is 10.1 Å². The third-order valence-corrected chi connectivity index (χ3v) is 4.63. The molecule has 0 aliphatic carbocycles. The summed E-state index contributed by atoms with van der Waals surface area (Å²) in [6, 6.07) is 8.34. The number of aromatic nitrogens is 3. The smallest absolute Gasteiger partial charge is 0.420 e. The van der Waals surface area contributed by atoms with Gasteiger partial charge in [0.15, 0.2) is 5.65 Å². The first-order chi connectivity index (χ1) is 15.0. The highest BCUT2D eigenvalue weighted by Crippen LogP contribution is 2.33. The fraction of sp³-hybridized carbons (Fsp3) is 0.304. The molecule has 1 N–H and O–H groups in total. The molecule has 0 aliphatic heterocycles. The van der Waals surface area contributed by atoms with Gasteiger partial charge in [-0.25, -0.2) is 14.7 Å². The van der Waals surface area contributed by atoms with E-state index >= 15 is 0 Å². The van der Waals surface area contributed by atoms with Crippen molar-refractivity contribution in [1.29, 1.82) is 0 Å². The van der Waals surface area contributed by atoms with Crippen LogP contribution < -0.4 is 10.2 Å². The van der Waals surface area contributed by atoms with E-state index in [0.717, 1.165) is 5.56 Å². The number of anilines is 3. The Bertz CT molecular complexity index is 1180. The predicted molar refractivity (Wildman–Crippen MR) is 126 cm³/mol. The van der Waals surface area contributed by atoms with Crippen molar-refractivity contribution < 1.29 is 14.3 Å². The van der Waals surface area contributed by atoms with E-state index in [2.05, 4.69) is 22.0 Å². The minimum Gasteiger partial charge on any atom is -0.443 e. The lowest BCUT2D eigenvalue weighted by Crippen LogP contribution is -2.35. The van der Waals surface area contributed by atoms with Gasteiger partial charge in [-0.1, -0.05) is 38.1 Å². The molecule has 0 saturated heterocycles. The van der Waals surface area contributed by atoms with Crippen LogP contribution >= 0.6 is 11.6 Å². The van der Waals surface area contributed by atoms with Crippen molar-refractivity contribution in [2.24, 2.45) is 0 Å². The minimum absolute atomic E-state index is 0.152. The number of amides is 2. The average Bonchev–Trinajstić information content (AvgIpc) is 3.11. The number of nitrogens with zero attached hydrogens (tertiary/aromatic N) is 4. The highest BCUT2D eigenvalue weighted by molar-refractivity contribution is 6.30. The molecule has 8 nitrogen and oxygen atoms in total. The van der Waals surface area contributed by atoms with Gasteiger partial charge >= 0.3 is 6.09 Å². The van der Waals surface area contributed by atoms with Crippen molar-refractivity contribution in [3.8, 4) is 0 Å². The molecule has 9 heteroatoms. The van der Waals surface area contributed by atoms with Gasteiger partial charge in [0.1, 0.15) is 16.6 Å². The number of hydrogen-bond acceptors (Lipinski definition) is 5. The summed E-state index contributed by atoms with van der Waals surface area (Å²) in [6.07, 6.45) is 2.25. The molecule has 2 heterocycles. The molecule has 2 amide bonds. The Balaban J connectivity index is 2.21. The first-order valence-corrected chi connectivity index (χ1v) is 10.5. The van der Waals surface area contributed by atoms with Gasteiger partial charge in [0.2, 0.25) is 5.91 Å². The van der Waals surface area contributed by atoms with Crippen LogP contribution in [0.25, 0.3) is 5.65 Å². The number of carbonyl (C=O) groups is 2. The van der Waals surface area contributed by atoms with E-state index in [0.29, 0.717) is 22.8 Å². The molecule has 0 fully saturated rings. The lowest BCUT2D eigenvalue weighted by atomic mass is 10.1. The molecule has 0 unspecified atom stereocenters. The predicted octanol–water partition coefficient (Wildman–Crippen LogP) is 5.70. The van der Waals surface area contributed by atoms with Crippen LogP contribution in [0.5, 0.6) is 0 Å². The van der Waals surface area contributed by atoms with Gasteiger partial charge in [-0.3, -0.25) is 4.79 Å². The maximum absolute atomic E-state index is 13.3. The summed E-state index contributed by atoms with van der Waals surface area (Å²) in [5.74, 6) is 0.140. The van der Waals surface area contributed by atoms with Crippen LogP contribution in [-0.4, -0.2) is 32.2 Å². The van der Waals surface area contributed by atoms with Gasteiger partial charge in [-0.05, 0) is 51.0 Å². The minimum atomic E-state index is -0.743. The Morgan fingerprint density at radius 2 is 2.00 bits per heavy atom. The van der Waals surface area contributed by atoms with Crippen LogP contribution in [0.15, 0.2) is 49.2 Å². The summed E-state index contributed by atoms with van der Waals surface area (Å²) >= 11 is 6.35. The zero-order valence-corrected chi connectivity index (χ0v) is 19.5. The quantitative estimate of drug-likeness (QED) is 0.393. The first-order valence-electron chi connectivity index (χ1n) is 10.1. The average molecular weight is 456 g/mol. The van der Waals surface area contributed by atoms with Crippen LogP contribution in [0.2, 0.25) is 5.15 Å². The summed E-state index contributed by atoms with van der Waals surface area (Å²) in [5.41, 5.74) is 1.64. The van der Waals surface area contributed by atoms with E-state index in [1.54, 1.807) is 61.8 Å². The number of ether oxygens (including phenoxy) is 1. The number of fused-ring (bicyclic) bond motifs is 1. The Hall–Kier alpha value is -3.39. The van der Waals surface area contributed by atoms with Gasteiger partial charge in [0, 0.05) is 17.3 Å². The van der Waals surface area contributed by atoms with Gasteiger partial charge in [-0.2, -0.15) is 9.61 Å². The molecule has 0 bridgehead atoms. The normalized spacial score (nSPS) is 11.5. The number of halogens is 1. The summed E-state index contributed by atoms with van der Waals surface area (Å²) in [6.45, 7) is 12.9. The van der Waals surface area contributed by atoms with Crippen molar-refractivity contribution in [3.63, 3.8) is 0 Å². The van der Waals surface area contributed by atoms with E-state index in [1.807, 2.05) is 13.8 Å². The molecule has 168 valence electrons. The van der Waals surface area contributed by atoms with Gasteiger partial charge in [0.25, 0.3) is 0 Å². The third-order valence-electron chi connectivity index (χ3n) is 4.43. The molecule has 0 atom stereocenters. The largest absolute Gasteiger partial charge is 0.443 e. The summed E-state index contributed by atoms with van der Waals surface area (Å²) in [5, 5.41) is 7.36. The molecule has 0 radical (unpaired) electrons. The lowest BCUT2D eigenvalue weighted by molar-refractivity contribution is -0.111. The van der Waals surface area contributed by atoms with Crippen molar-refractivity contribution in [2.45, 2.75) is 46.1 Å². The van der Waals surface area contributed by atoms with Crippen molar-refractivity contribution >= 4 is 46.4 Å². The van der Waals surface area contributed by atoms with Gasteiger partial charge in [0.05, 0.1) is 11.9 Å². The number of rotatable bonds is 5. The van der Waals surface area contributed by atoms with Crippen LogP contribution in [0.1, 0.15) is 46.1 Å². The molecule has 2 aromatic heterocycles. The molecule has 0 spiro atoms. The van der Waals surface area contributed by atoms with Crippen LogP contribution in [0.4, 0.5) is 22.0 Å². The van der Waals surface area contributed by atoms with Crippen LogP contribution in [0.3, 0.4) is 0 Å². The van der Waals surface area contributed by atoms with Gasteiger partial charge in [-0.15, -0.1) is 0 Å². The first kappa shape index (κ1) is 23.3. The highest BCUT2D eigenvalue weighted by Gasteiger charge is 2.28. The molecule has 3 rings (SSSR count). The molecular formula is C23H26ClN5O3. The Morgan fingerprint density at radius 1 is 1.28 bits per heavy atom. The fourth-order valence-electron chi connectivity index (χ4n) is 3.06. The van der Waals surface area contributed by atoms with Crippen LogP contribution in [0, 0.1) is 0 Å². The van der Waals surface area contributed by atoms with Crippen LogP contribution in [-0.2, 0) is 9.53 Å². The third kappa shape index (κ3) is 5.08. The van der Waals surface area contributed by atoms with E-state index in [1.165, 1.54) is 11.0 Å². The van der Waals surface area contributed by atoms with Crippen molar-refractivity contribution in [3.05, 3.63) is 59.9 Å². The second-order valence-corrected chi connectivity index (χ2v) is 8.87.